The third-order valence-corrected chi connectivity index (χ3v) is 2.96. The summed E-state index contributed by atoms with van der Waals surface area (Å²) in [6.07, 6.45) is 0. The molecule has 0 amide bonds. The molecule has 0 aromatic heterocycles. The molecule has 0 bridgehead atoms. The number of nitrogens with two attached hydrogens (primary N) is 1. The van der Waals surface area contributed by atoms with E-state index in [0.717, 1.165) is 0 Å². The minimum atomic E-state index is -0.774. The summed E-state index contributed by atoms with van der Waals surface area (Å²) in [5.74, 6) is 0.538. The van der Waals surface area contributed by atoms with Gasteiger partial charge < -0.3 is 15.2 Å². The monoisotopic (exact) mass is 275 g/mol. The van der Waals surface area contributed by atoms with Gasteiger partial charge in [-0.15, -0.1) is 0 Å². The maximum Gasteiger partial charge on any atom is 0.231 e. The number of hydrogen-bond acceptors (Lipinski definition) is 3. The fourth-order valence-corrected chi connectivity index (χ4v) is 2.57. The largest absolute Gasteiger partial charge is 0.453 e. The van der Waals surface area contributed by atoms with Crippen molar-refractivity contribution in [1.29, 1.82) is 0 Å². The second-order valence-electron chi connectivity index (χ2n) is 4.00. The lowest BCUT2D eigenvalue weighted by atomic mass is 9.94. The Morgan fingerprint density at radius 3 is 2.73 bits per heavy atom. The van der Waals surface area contributed by atoms with Crippen molar-refractivity contribution in [2.75, 3.05) is 6.79 Å². The number of halogens is 2. The first kappa shape index (κ1) is 10.7. The Morgan fingerprint density at radius 2 is 2.13 bits per heavy atom. The fourth-order valence-electron chi connectivity index (χ4n) is 1.56. The minimum Gasteiger partial charge on any atom is -0.453 e. The average Bonchev–Trinajstić information content (AvgIpc) is 2.48. The SMILES string of the molecule is CC(C)(N)c1c(F)cc2c(c1Br)OCO2. The van der Waals surface area contributed by atoms with E-state index in [4.69, 9.17) is 15.2 Å². The van der Waals surface area contributed by atoms with Crippen molar-refractivity contribution in [2.45, 2.75) is 19.4 Å². The summed E-state index contributed by atoms with van der Waals surface area (Å²) in [5.41, 5.74) is 5.51. The van der Waals surface area contributed by atoms with Gasteiger partial charge >= 0.3 is 0 Å². The summed E-state index contributed by atoms with van der Waals surface area (Å²) >= 11 is 3.29. The van der Waals surface area contributed by atoms with E-state index in [1.54, 1.807) is 13.8 Å². The molecular formula is C10H11BrFNO2. The lowest BCUT2D eigenvalue weighted by molar-refractivity contribution is 0.173. The van der Waals surface area contributed by atoms with Crippen molar-refractivity contribution in [3.63, 3.8) is 0 Å². The van der Waals surface area contributed by atoms with Crippen LogP contribution in [0.4, 0.5) is 4.39 Å². The molecule has 15 heavy (non-hydrogen) atoms. The highest BCUT2D eigenvalue weighted by atomic mass is 79.9. The van der Waals surface area contributed by atoms with E-state index in [2.05, 4.69) is 15.9 Å². The van der Waals surface area contributed by atoms with E-state index >= 15 is 0 Å². The Bertz CT molecular complexity index is 415. The van der Waals surface area contributed by atoms with Gasteiger partial charge in [0.1, 0.15) is 5.82 Å². The molecule has 2 rings (SSSR count). The van der Waals surface area contributed by atoms with Crippen molar-refractivity contribution >= 4 is 15.9 Å². The lowest BCUT2D eigenvalue weighted by Gasteiger charge is -2.22. The number of fused-ring (bicyclic) bond motifs is 1. The molecule has 0 saturated carbocycles. The van der Waals surface area contributed by atoms with Crippen LogP contribution < -0.4 is 15.2 Å². The van der Waals surface area contributed by atoms with Crippen molar-refractivity contribution < 1.29 is 13.9 Å². The molecule has 1 aliphatic rings. The zero-order valence-corrected chi connectivity index (χ0v) is 10.0. The molecule has 1 aromatic carbocycles. The summed E-state index contributed by atoms with van der Waals surface area (Å²) in [5, 5.41) is 0. The van der Waals surface area contributed by atoms with Gasteiger partial charge in [0, 0.05) is 17.2 Å². The summed E-state index contributed by atoms with van der Waals surface area (Å²) in [6.45, 7) is 3.58. The Labute approximate surface area is 95.5 Å². The molecule has 0 atom stereocenters. The molecule has 2 N–H and O–H groups in total. The molecule has 1 aliphatic heterocycles. The molecule has 0 radical (unpaired) electrons. The molecule has 1 aromatic rings. The van der Waals surface area contributed by atoms with Crippen LogP contribution in [0.1, 0.15) is 19.4 Å². The maximum atomic E-state index is 13.8. The van der Waals surface area contributed by atoms with Gasteiger partial charge in [0.15, 0.2) is 11.5 Å². The molecule has 0 unspecified atom stereocenters. The predicted molar refractivity (Wildman–Crippen MR) is 57.4 cm³/mol. The van der Waals surface area contributed by atoms with E-state index in [0.29, 0.717) is 21.5 Å². The van der Waals surface area contributed by atoms with E-state index < -0.39 is 11.4 Å². The average molecular weight is 276 g/mol. The van der Waals surface area contributed by atoms with Gasteiger partial charge in [-0.1, -0.05) is 0 Å². The van der Waals surface area contributed by atoms with Crippen molar-refractivity contribution in [3.05, 3.63) is 21.9 Å². The predicted octanol–water partition coefficient (Wildman–Crippen LogP) is 2.51. The van der Waals surface area contributed by atoms with Crippen molar-refractivity contribution in [3.8, 4) is 11.5 Å². The third-order valence-electron chi connectivity index (χ3n) is 2.20. The van der Waals surface area contributed by atoms with Gasteiger partial charge in [0.25, 0.3) is 0 Å². The van der Waals surface area contributed by atoms with Crippen LogP contribution in [0, 0.1) is 5.82 Å². The van der Waals surface area contributed by atoms with Crippen LogP contribution in [0.5, 0.6) is 11.5 Å². The molecule has 0 spiro atoms. The molecular weight excluding hydrogens is 265 g/mol. The second kappa shape index (κ2) is 3.35. The van der Waals surface area contributed by atoms with Crippen LogP contribution in [-0.2, 0) is 5.54 Å². The van der Waals surface area contributed by atoms with E-state index in [-0.39, 0.29) is 6.79 Å². The highest BCUT2D eigenvalue weighted by Gasteiger charge is 2.29. The van der Waals surface area contributed by atoms with Crippen molar-refractivity contribution in [2.24, 2.45) is 5.73 Å². The van der Waals surface area contributed by atoms with E-state index in [1.165, 1.54) is 6.07 Å². The van der Waals surface area contributed by atoms with Crippen LogP contribution in [0.25, 0.3) is 0 Å². The number of benzene rings is 1. The first-order chi connectivity index (χ1) is 6.91. The Balaban J connectivity index is 2.67. The second-order valence-corrected chi connectivity index (χ2v) is 4.80. The summed E-state index contributed by atoms with van der Waals surface area (Å²) in [4.78, 5) is 0. The van der Waals surface area contributed by atoms with Gasteiger partial charge in [-0.2, -0.15) is 0 Å². The normalized spacial score (nSPS) is 14.5. The Morgan fingerprint density at radius 1 is 1.47 bits per heavy atom. The van der Waals surface area contributed by atoms with E-state index in [1.807, 2.05) is 0 Å². The minimum absolute atomic E-state index is 0.113. The van der Waals surface area contributed by atoms with Gasteiger partial charge in [-0.25, -0.2) is 4.39 Å². The molecule has 1 heterocycles. The summed E-state index contributed by atoms with van der Waals surface area (Å²) in [6, 6.07) is 1.30. The zero-order valence-electron chi connectivity index (χ0n) is 8.43. The molecule has 0 aliphatic carbocycles. The molecule has 82 valence electrons. The zero-order chi connectivity index (χ0) is 11.2. The van der Waals surface area contributed by atoms with Crippen LogP contribution in [0.3, 0.4) is 0 Å². The van der Waals surface area contributed by atoms with Gasteiger partial charge in [0.2, 0.25) is 6.79 Å². The third kappa shape index (κ3) is 1.70. The lowest BCUT2D eigenvalue weighted by Crippen LogP contribution is -2.30. The first-order valence-electron chi connectivity index (χ1n) is 4.48. The number of ether oxygens (including phenoxy) is 2. The maximum absolute atomic E-state index is 13.8. The van der Waals surface area contributed by atoms with Crippen LogP contribution in [0.2, 0.25) is 0 Å². The Hall–Kier alpha value is -0.810. The van der Waals surface area contributed by atoms with Crippen LogP contribution >= 0.6 is 15.9 Å². The number of hydrogen-bond donors (Lipinski definition) is 1. The summed E-state index contributed by atoms with van der Waals surface area (Å²) < 4.78 is 24.6. The summed E-state index contributed by atoms with van der Waals surface area (Å²) in [7, 11) is 0. The van der Waals surface area contributed by atoms with Gasteiger partial charge in [0.05, 0.1) is 4.47 Å². The smallest absolute Gasteiger partial charge is 0.231 e. The quantitative estimate of drug-likeness (QED) is 0.857. The topological polar surface area (TPSA) is 44.5 Å². The molecule has 0 saturated heterocycles. The number of rotatable bonds is 1. The highest BCUT2D eigenvalue weighted by molar-refractivity contribution is 9.10. The standard InChI is InChI=1S/C10H11BrFNO2/c1-10(2,13)7-5(12)3-6-9(8(7)11)15-4-14-6/h3H,4,13H2,1-2H3. The van der Waals surface area contributed by atoms with E-state index in [9.17, 15) is 4.39 Å². The fraction of sp³-hybridized carbons (Fsp3) is 0.400. The van der Waals surface area contributed by atoms with Gasteiger partial charge in [-0.3, -0.25) is 0 Å². The molecule has 5 heteroatoms. The molecule has 3 nitrogen and oxygen atoms in total. The van der Waals surface area contributed by atoms with Crippen molar-refractivity contribution in [1.82, 2.24) is 0 Å². The molecule has 0 fully saturated rings. The highest BCUT2D eigenvalue weighted by Crippen LogP contribution is 2.44. The Kier molecular flexibility index (Phi) is 2.39. The van der Waals surface area contributed by atoms with Crippen LogP contribution in [-0.4, -0.2) is 6.79 Å². The first-order valence-corrected chi connectivity index (χ1v) is 5.27. The van der Waals surface area contributed by atoms with Gasteiger partial charge in [-0.05, 0) is 29.8 Å². The van der Waals surface area contributed by atoms with Crippen LogP contribution in [0.15, 0.2) is 10.5 Å².